The third-order valence-corrected chi connectivity index (χ3v) is 4.15. The average molecular weight is 230 g/mol. The first-order chi connectivity index (χ1) is 8.45. The smallest absolute Gasteiger partial charge is 0.0351 e. The SMILES string of the molecule is c1ccc2c(c1)CCCC2N1CCCNCC1. The van der Waals surface area contributed by atoms with Crippen molar-refractivity contribution in [3.8, 4) is 0 Å². The molecule has 1 N–H and O–H groups in total. The normalized spacial score (nSPS) is 26.2. The molecular weight excluding hydrogens is 208 g/mol. The Balaban J connectivity index is 1.83. The van der Waals surface area contributed by atoms with Crippen molar-refractivity contribution in [2.24, 2.45) is 0 Å². The molecule has 1 aliphatic heterocycles. The van der Waals surface area contributed by atoms with Gasteiger partial charge in [-0.3, -0.25) is 4.90 Å². The van der Waals surface area contributed by atoms with Gasteiger partial charge in [0.25, 0.3) is 0 Å². The summed E-state index contributed by atoms with van der Waals surface area (Å²) in [5, 5.41) is 3.50. The quantitative estimate of drug-likeness (QED) is 0.797. The number of hydrogen-bond donors (Lipinski definition) is 1. The predicted octanol–water partition coefficient (Wildman–Crippen LogP) is 2.36. The van der Waals surface area contributed by atoms with Gasteiger partial charge in [0.15, 0.2) is 0 Å². The summed E-state index contributed by atoms with van der Waals surface area (Å²) in [7, 11) is 0. The van der Waals surface area contributed by atoms with Crippen molar-refractivity contribution in [1.82, 2.24) is 10.2 Å². The van der Waals surface area contributed by atoms with E-state index in [1.807, 2.05) is 0 Å². The van der Waals surface area contributed by atoms with Crippen LogP contribution in [0.25, 0.3) is 0 Å². The summed E-state index contributed by atoms with van der Waals surface area (Å²) in [6.45, 7) is 4.80. The van der Waals surface area contributed by atoms with Crippen LogP contribution in [-0.2, 0) is 6.42 Å². The van der Waals surface area contributed by atoms with E-state index in [0.717, 1.165) is 6.54 Å². The number of fused-ring (bicyclic) bond motifs is 1. The minimum Gasteiger partial charge on any atom is -0.315 e. The fourth-order valence-corrected chi connectivity index (χ4v) is 3.29. The lowest BCUT2D eigenvalue weighted by Gasteiger charge is -2.35. The molecule has 1 atom stereocenters. The van der Waals surface area contributed by atoms with E-state index in [-0.39, 0.29) is 0 Å². The maximum atomic E-state index is 3.50. The second-order valence-corrected chi connectivity index (χ2v) is 5.25. The molecular formula is C15H22N2. The Labute approximate surface area is 104 Å². The molecule has 0 saturated carbocycles. The van der Waals surface area contributed by atoms with Gasteiger partial charge in [-0.15, -0.1) is 0 Å². The number of hydrogen-bond acceptors (Lipinski definition) is 2. The fourth-order valence-electron chi connectivity index (χ4n) is 3.29. The lowest BCUT2D eigenvalue weighted by atomic mass is 9.87. The van der Waals surface area contributed by atoms with Crippen LogP contribution in [0.2, 0.25) is 0 Å². The van der Waals surface area contributed by atoms with E-state index < -0.39 is 0 Å². The van der Waals surface area contributed by atoms with Gasteiger partial charge in [0.2, 0.25) is 0 Å². The van der Waals surface area contributed by atoms with Crippen LogP contribution in [0.15, 0.2) is 24.3 Å². The third-order valence-electron chi connectivity index (χ3n) is 4.15. The molecule has 1 saturated heterocycles. The Morgan fingerprint density at radius 3 is 3.00 bits per heavy atom. The zero-order valence-corrected chi connectivity index (χ0v) is 10.5. The monoisotopic (exact) mass is 230 g/mol. The first-order valence-electron chi connectivity index (χ1n) is 6.98. The van der Waals surface area contributed by atoms with Gasteiger partial charge < -0.3 is 5.32 Å². The van der Waals surface area contributed by atoms with Gasteiger partial charge in [0.05, 0.1) is 0 Å². The van der Waals surface area contributed by atoms with Crippen molar-refractivity contribution >= 4 is 0 Å². The highest BCUT2D eigenvalue weighted by molar-refractivity contribution is 5.32. The number of aryl methyl sites for hydroxylation is 1. The average Bonchev–Trinajstić information content (AvgIpc) is 2.67. The van der Waals surface area contributed by atoms with Crippen LogP contribution in [-0.4, -0.2) is 31.1 Å². The molecule has 0 aromatic heterocycles. The van der Waals surface area contributed by atoms with E-state index in [4.69, 9.17) is 0 Å². The molecule has 1 aromatic carbocycles. The Morgan fingerprint density at radius 2 is 2.00 bits per heavy atom. The van der Waals surface area contributed by atoms with Crippen LogP contribution in [0.4, 0.5) is 0 Å². The first-order valence-corrected chi connectivity index (χ1v) is 6.98. The van der Waals surface area contributed by atoms with Gasteiger partial charge in [-0.1, -0.05) is 24.3 Å². The van der Waals surface area contributed by atoms with E-state index in [0.29, 0.717) is 6.04 Å². The van der Waals surface area contributed by atoms with Crippen molar-refractivity contribution < 1.29 is 0 Å². The van der Waals surface area contributed by atoms with Gasteiger partial charge in [0, 0.05) is 25.7 Å². The number of nitrogens with one attached hydrogen (secondary N) is 1. The van der Waals surface area contributed by atoms with Crippen molar-refractivity contribution in [3.63, 3.8) is 0 Å². The molecule has 0 radical (unpaired) electrons. The highest BCUT2D eigenvalue weighted by atomic mass is 15.2. The molecule has 0 bridgehead atoms. The standard InChI is InChI=1S/C15H22N2/c1-2-7-14-13(5-1)6-3-8-15(14)17-11-4-9-16-10-12-17/h1-2,5,7,15-16H,3-4,6,8-12H2. The van der Waals surface area contributed by atoms with Crippen molar-refractivity contribution in [2.45, 2.75) is 31.7 Å². The fraction of sp³-hybridized carbons (Fsp3) is 0.600. The molecule has 0 amide bonds. The van der Waals surface area contributed by atoms with Crippen molar-refractivity contribution in [1.29, 1.82) is 0 Å². The van der Waals surface area contributed by atoms with E-state index in [1.165, 1.54) is 45.3 Å². The molecule has 2 aliphatic rings. The topological polar surface area (TPSA) is 15.3 Å². The predicted molar refractivity (Wildman–Crippen MR) is 71.2 cm³/mol. The van der Waals surface area contributed by atoms with Gasteiger partial charge >= 0.3 is 0 Å². The Bertz CT molecular complexity index is 367. The van der Waals surface area contributed by atoms with Crippen molar-refractivity contribution in [2.75, 3.05) is 26.2 Å². The summed E-state index contributed by atoms with van der Waals surface area (Å²) < 4.78 is 0. The molecule has 3 rings (SSSR count). The van der Waals surface area contributed by atoms with Crippen LogP contribution in [0.5, 0.6) is 0 Å². The summed E-state index contributed by atoms with van der Waals surface area (Å²) in [6.07, 6.45) is 5.26. The molecule has 92 valence electrons. The third kappa shape index (κ3) is 2.38. The summed E-state index contributed by atoms with van der Waals surface area (Å²) in [5.41, 5.74) is 3.18. The summed E-state index contributed by atoms with van der Waals surface area (Å²) in [5.74, 6) is 0. The molecule has 1 aliphatic carbocycles. The number of nitrogens with zero attached hydrogens (tertiary/aromatic N) is 1. The molecule has 17 heavy (non-hydrogen) atoms. The van der Waals surface area contributed by atoms with E-state index in [1.54, 1.807) is 11.1 Å². The molecule has 1 unspecified atom stereocenters. The second-order valence-electron chi connectivity index (χ2n) is 5.25. The molecule has 2 nitrogen and oxygen atoms in total. The molecule has 1 fully saturated rings. The lowest BCUT2D eigenvalue weighted by molar-refractivity contribution is 0.190. The van der Waals surface area contributed by atoms with Crippen LogP contribution in [0, 0.1) is 0 Å². The van der Waals surface area contributed by atoms with E-state index in [9.17, 15) is 0 Å². The maximum absolute atomic E-state index is 3.50. The molecule has 1 heterocycles. The van der Waals surface area contributed by atoms with Gasteiger partial charge in [-0.25, -0.2) is 0 Å². The van der Waals surface area contributed by atoms with Gasteiger partial charge in [-0.05, 0) is 43.4 Å². The van der Waals surface area contributed by atoms with Crippen LogP contribution < -0.4 is 5.32 Å². The van der Waals surface area contributed by atoms with Crippen LogP contribution in [0.3, 0.4) is 0 Å². The Kier molecular flexibility index (Phi) is 3.44. The van der Waals surface area contributed by atoms with Crippen molar-refractivity contribution in [3.05, 3.63) is 35.4 Å². The van der Waals surface area contributed by atoms with Crippen LogP contribution >= 0.6 is 0 Å². The summed E-state index contributed by atoms with van der Waals surface area (Å²) >= 11 is 0. The van der Waals surface area contributed by atoms with Gasteiger partial charge in [0.1, 0.15) is 0 Å². The summed E-state index contributed by atoms with van der Waals surface area (Å²) in [4.78, 5) is 2.69. The minimum absolute atomic E-state index is 0.680. The largest absolute Gasteiger partial charge is 0.315 e. The maximum Gasteiger partial charge on any atom is 0.0351 e. The van der Waals surface area contributed by atoms with Crippen LogP contribution in [0.1, 0.15) is 36.4 Å². The lowest BCUT2D eigenvalue weighted by Crippen LogP contribution is -2.34. The molecule has 2 heteroatoms. The zero-order valence-electron chi connectivity index (χ0n) is 10.5. The van der Waals surface area contributed by atoms with E-state index in [2.05, 4.69) is 34.5 Å². The highest BCUT2D eigenvalue weighted by Crippen LogP contribution is 2.34. The number of benzene rings is 1. The Hall–Kier alpha value is -0.860. The zero-order chi connectivity index (χ0) is 11.5. The second kappa shape index (κ2) is 5.19. The Morgan fingerprint density at radius 1 is 1.06 bits per heavy atom. The minimum atomic E-state index is 0.680. The molecule has 0 spiro atoms. The first kappa shape index (κ1) is 11.2. The van der Waals surface area contributed by atoms with Gasteiger partial charge in [-0.2, -0.15) is 0 Å². The number of rotatable bonds is 1. The summed E-state index contributed by atoms with van der Waals surface area (Å²) in [6, 6.07) is 9.73. The highest BCUT2D eigenvalue weighted by Gasteiger charge is 2.25. The molecule has 1 aromatic rings. The van der Waals surface area contributed by atoms with E-state index >= 15 is 0 Å².